The zero-order valence-electron chi connectivity index (χ0n) is 31.7. The molecule has 17 heteroatoms. The van der Waals surface area contributed by atoms with E-state index in [0.717, 1.165) is 74.9 Å². The minimum Gasteiger partial charge on any atom is -0.371 e. The van der Waals surface area contributed by atoms with Crippen LogP contribution in [0.3, 0.4) is 0 Å². The van der Waals surface area contributed by atoms with Crippen molar-refractivity contribution in [2.45, 2.75) is 43.7 Å². The highest BCUT2D eigenvalue weighted by atomic mass is 16.2. The van der Waals surface area contributed by atoms with Gasteiger partial charge in [0, 0.05) is 95.6 Å². The van der Waals surface area contributed by atoms with Gasteiger partial charge in [0.15, 0.2) is 11.5 Å². The fraction of sp³-hybridized carbons (Fsp3) is 0.450. The average Bonchev–Trinajstić information content (AvgIpc) is 3.63. The summed E-state index contributed by atoms with van der Waals surface area (Å²) in [5, 5.41) is 5.50. The Morgan fingerprint density at radius 3 is 2.39 bits per heavy atom. The van der Waals surface area contributed by atoms with Crippen molar-refractivity contribution in [1.82, 2.24) is 34.9 Å². The molecule has 5 saturated heterocycles. The van der Waals surface area contributed by atoms with E-state index in [2.05, 4.69) is 42.5 Å². The quantitative estimate of drug-likeness (QED) is 0.252. The molecule has 0 spiro atoms. The third-order valence-electron chi connectivity index (χ3n) is 12.3. The Morgan fingerprint density at radius 2 is 1.67 bits per heavy atom. The highest BCUT2D eigenvalue weighted by Crippen LogP contribution is 2.35. The Balaban J connectivity index is 0.766. The van der Waals surface area contributed by atoms with Crippen molar-refractivity contribution < 1.29 is 28.8 Å². The highest BCUT2D eigenvalue weighted by molar-refractivity contribution is 6.23. The second-order valence-corrected chi connectivity index (χ2v) is 16.0. The smallest absolute Gasteiger partial charge is 0.320 e. The van der Waals surface area contributed by atoms with E-state index in [4.69, 9.17) is 10.7 Å². The van der Waals surface area contributed by atoms with Gasteiger partial charge >= 0.3 is 6.03 Å². The summed E-state index contributed by atoms with van der Waals surface area (Å²) in [6.45, 7) is 7.40. The minimum absolute atomic E-state index is 0.0556. The summed E-state index contributed by atoms with van der Waals surface area (Å²) in [6, 6.07) is 12.6. The molecule has 1 aromatic heterocycles. The van der Waals surface area contributed by atoms with Gasteiger partial charge in [0.05, 0.1) is 23.4 Å². The van der Waals surface area contributed by atoms with Crippen LogP contribution >= 0.6 is 0 Å². The number of urea groups is 1. The number of primary amides is 1. The molecule has 7 amide bonds. The molecular weight excluding hydrogens is 731 g/mol. The first-order valence-electron chi connectivity index (χ1n) is 19.6. The summed E-state index contributed by atoms with van der Waals surface area (Å²) in [7, 11) is 1.83. The number of benzene rings is 2. The number of nitrogens with zero attached hydrogens (tertiary/aromatic N) is 8. The Kier molecular flexibility index (Phi) is 9.26. The van der Waals surface area contributed by atoms with E-state index < -0.39 is 35.6 Å². The number of hydrogen-bond donors (Lipinski definition) is 3. The van der Waals surface area contributed by atoms with Gasteiger partial charge in [-0.3, -0.25) is 34.2 Å². The van der Waals surface area contributed by atoms with Crippen LogP contribution in [0.2, 0.25) is 0 Å². The average molecular weight is 776 g/mol. The van der Waals surface area contributed by atoms with Crippen LogP contribution in [0.1, 0.15) is 68.4 Å². The van der Waals surface area contributed by atoms with Crippen molar-refractivity contribution in [1.29, 1.82) is 0 Å². The molecule has 0 radical (unpaired) electrons. The van der Waals surface area contributed by atoms with Gasteiger partial charge in [0.2, 0.25) is 11.8 Å². The molecule has 6 aliphatic rings. The number of likely N-dealkylation sites (tertiary alicyclic amines) is 1. The molecule has 1 unspecified atom stereocenters. The Morgan fingerprint density at radius 1 is 0.895 bits per heavy atom. The van der Waals surface area contributed by atoms with Gasteiger partial charge in [0.1, 0.15) is 11.9 Å². The van der Waals surface area contributed by atoms with Crippen LogP contribution in [0.4, 0.5) is 27.8 Å². The summed E-state index contributed by atoms with van der Waals surface area (Å²) >= 11 is 0. The number of aromatic nitrogens is 2. The topological polar surface area (TPSA) is 198 Å². The number of rotatable bonds is 10. The lowest BCUT2D eigenvalue weighted by atomic mass is 9.89. The van der Waals surface area contributed by atoms with E-state index in [1.807, 2.05) is 30.1 Å². The standard InChI is InChI=1S/C40H45N11O6/c1-46-13-14-50(40(46)57)28-3-2-12-48(22-28)32-16-42-34(35(41)53)36(44-32)43-26-6-4-24(5-7-26)25-20-47(21-25)17-23-18-49(19-23)27-8-9-29-30(15-27)39(56)51(38(29)55)31-10-11-33(52)45-37(31)54/h4-9,15-16,23,25,28,31H,2-3,10-14,17-22H2,1H3,(H2,41,53)(H,43,44)(H,45,52,54)/t28-,31?/m1/s1. The molecule has 2 aromatic carbocycles. The molecule has 3 aromatic rings. The van der Waals surface area contributed by atoms with Crippen molar-refractivity contribution >= 4 is 58.6 Å². The van der Waals surface area contributed by atoms with Gasteiger partial charge in [-0.05, 0) is 55.2 Å². The zero-order chi connectivity index (χ0) is 39.5. The number of hydrogen-bond acceptors (Lipinski definition) is 12. The second kappa shape index (κ2) is 14.4. The molecule has 7 heterocycles. The van der Waals surface area contributed by atoms with Gasteiger partial charge < -0.3 is 35.6 Å². The molecule has 296 valence electrons. The minimum atomic E-state index is -0.979. The first-order chi connectivity index (χ1) is 27.5. The van der Waals surface area contributed by atoms with Crippen LogP contribution < -0.4 is 26.2 Å². The van der Waals surface area contributed by atoms with Crippen molar-refractivity contribution in [3.8, 4) is 0 Å². The first-order valence-corrected chi connectivity index (χ1v) is 19.6. The summed E-state index contributed by atoms with van der Waals surface area (Å²) in [6.07, 6.45) is 3.64. The van der Waals surface area contributed by atoms with E-state index in [0.29, 0.717) is 42.1 Å². The molecule has 4 N–H and O–H groups in total. The number of piperidine rings is 2. The van der Waals surface area contributed by atoms with Gasteiger partial charge in [-0.1, -0.05) is 12.1 Å². The number of nitrogens with one attached hydrogen (secondary N) is 2. The normalized spacial score (nSPS) is 23.2. The lowest BCUT2D eigenvalue weighted by Crippen LogP contribution is -2.55. The molecule has 0 saturated carbocycles. The molecule has 0 bridgehead atoms. The largest absolute Gasteiger partial charge is 0.371 e. The lowest BCUT2D eigenvalue weighted by molar-refractivity contribution is -0.136. The third kappa shape index (κ3) is 6.79. The van der Waals surface area contributed by atoms with E-state index in [9.17, 15) is 28.8 Å². The predicted molar refractivity (Wildman–Crippen MR) is 208 cm³/mol. The van der Waals surface area contributed by atoms with Gasteiger partial charge in [-0.25, -0.2) is 14.8 Å². The molecule has 17 nitrogen and oxygen atoms in total. The second-order valence-electron chi connectivity index (χ2n) is 16.0. The van der Waals surface area contributed by atoms with E-state index in [1.165, 1.54) is 5.56 Å². The summed E-state index contributed by atoms with van der Waals surface area (Å²) in [4.78, 5) is 95.9. The van der Waals surface area contributed by atoms with Crippen molar-refractivity contribution in [3.05, 3.63) is 71.0 Å². The predicted octanol–water partition coefficient (Wildman–Crippen LogP) is 1.59. The fourth-order valence-corrected chi connectivity index (χ4v) is 9.05. The number of fused-ring (bicyclic) bond motifs is 1. The van der Waals surface area contributed by atoms with Gasteiger partial charge in [-0.15, -0.1) is 0 Å². The lowest BCUT2D eigenvalue weighted by Gasteiger charge is -2.47. The van der Waals surface area contributed by atoms with Crippen LogP contribution in [0.5, 0.6) is 0 Å². The fourth-order valence-electron chi connectivity index (χ4n) is 9.05. The molecule has 6 aliphatic heterocycles. The Hall–Kier alpha value is -6.10. The molecule has 57 heavy (non-hydrogen) atoms. The number of carbonyl (C=O) groups excluding carboxylic acids is 6. The SMILES string of the molecule is CN1CCN([C@@H]2CCCN(c3cnc(C(N)=O)c(Nc4ccc(C5CN(CC6CN(c7ccc8c(c7)C(=O)N(C7CCC(=O)NC7=O)C8=O)C6)C5)cc4)n3)C2)C1=O. The van der Waals surface area contributed by atoms with Crippen molar-refractivity contribution in [3.63, 3.8) is 0 Å². The van der Waals surface area contributed by atoms with Crippen molar-refractivity contribution in [2.75, 3.05) is 81.1 Å². The first kappa shape index (κ1) is 36.5. The molecule has 0 aliphatic carbocycles. The van der Waals surface area contributed by atoms with E-state index >= 15 is 0 Å². The van der Waals surface area contributed by atoms with Crippen LogP contribution in [0.15, 0.2) is 48.7 Å². The molecular formula is C40H45N11O6. The maximum absolute atomic E-state index is 13.3. The number of carbonyl (C=O) groups is 6. The maximum Gasteiger partial charge on any atom is 0.320 e. The van der Waals surface area contributed by atoms with E-state index in [-0.39, 0.29) is 36.2 Å². The molecule has 2 atom stereocenters. The Bertz CT molecular complexity index is 2170. The Labute approximate surface area is 329 Å². The number of imide groups is 2. The summed E-state index contributed by atoms with van der Waals surface area (Å²) in [5.41, 5.74) is 9.20. The number of amides is 7. The summed E-state index contributed by atoms with van der Waals surface area (Å²) < 4.78 is 0. The zero-order valence-corrected chi connectivity index (χ0v) is 31.7. The number of likely N-dealkylation sites (N-methyl/N-ethyl adjacent to an activating group) is 1. The monoisotopic (exact) mass is 775 g/mol. The van der Waals surface area contributed by atoms with Crippen LogP contribution in [0, 0.1) is 5.92 Å². The summed E-state index contributed by atoms with van der Waals surface area (Å²) in [5.74, 6) is -0.875. The number of nitrogens with two attached hydrogens (primary N) is 1. The maximum atomic E-state index is 13.3. The number of anilines is 4. The van der Waals surface area contributed by atoms with Crippen LogP contribution in [-0.2, 0) is 9.59 Å². The van der Waals surface area contributed by atoms with Gasteiger partial charge in [-0.2, -0.15) is 0 Å². The van der Waals surface area contributed by atoms with Crippen LogP contribution in [-0.4, -0.2) is 143 Å². The van der Waals surface area contributed by atoms with Crippen LogP contribution in [0.25, 0.3) is 0 Å². The van der Waals surface area contributed by atoms with Crippen molar-refractivity contribution in [2.24, 2.45) is 11.7 Å². The highest BCUT2D eigenvalue weighted by Gasteiger charge is 2.45. The molecule has 5 fully saturated rings. The van der Waals surface area contributed by atoms with Gasteiger partial charge in [0.25, 0.3) is 17.7 Å². The van der Waals surface area contributed by atoms with E-state index in [1.54, 1.807) is 23.2 Å². The molecule has 9 rings (SSSR count). The third-order valence-corrected chi connectivity index (χ3v) is 12.3.